The van der Waals surface area contributed by atoms with Crippen LogP contribution in [-0.4, -0.2) is 16.6 Å². The molecule has 6 heteroatoms. The number of rotatable bonds is 7. The summed E-state index contributed by atoms with van der Waals surface area (Å²) in [6.45, 7) is 0. The summed E-state index contributed by atoms with van der Waals surface area (Å²) in [5.41, 5.74) is 2.49. The molecule has 0 amide bonds. The molecule has 4 rings (SSSR count). The lowest BCUT2D eigenvalue weighted by Crippen LogP contribution is -2.13. The fourth-order valence-corrected chi connectivity index (χ4v) is 4.19. The monoisotopic (exact) mass is 481 g/mol. The first kappa shape index (κ1) is 22.5. The highest BCUT2D eigenvalue weighted by molar-refractivity contribution is 6.31. The molecule has 0 N–H and O–H groups in total. The Bertz CT molecular complexity index is 1230. The number of nitrogens with zero attached hydrogens (tertiary/aromatic N) is 1. The van der Waals surface area contributed by atoms with Gasteiger partial charge in [-0.2, -0.15) is 0 Å². The maximum absolute atomic E-state index is 13.0. The Kier molecular flexibility index (Phi) is 6.90. The summed E-state index contributed by atoms with van der Waals surface area (Å²) in [4.78, 5) is 30.6. The Labute approximate surface area is 201 Å². The van der Waals surface area contributed by atoms with E-state index in [0.717, 1.165) is 10.9 Å². The minimum Gasteiger partial charge on any atom is -0.294 e. The largest absolute Gasteiger partial charge is 0.294 e. The lowest BCUT2D eigenvalue weighted by molar-refractivity contribution is 0.0944. The fraction of sp³-hybridized carbons (Fsp3) is 0.115. The predicted octanol–water partition coefficient (Wildman–Crippen LogP) is 7.82. The Morgan fingerprint density at radius 1 is 0.719 bits per heavy atom. The number of hydrogen-bond acceptors (Lipinski definition) is 3. The molecule has 0 radical (unpaired) electrons. The lowest BCUT2D eigenvalue weighted by Gasteiger charge is -2.18. The first-order valence-electron chi connectivity index (χ1n) is 10.0. The van der Waals surface area contributed by atoms with Gasteiger partial charge in [0.2, 0.25) is 0 Å². The summed E-state index contributed by atoms with van der Waals surface area (Å²) in [6.07, 6.45) is 0.224. The first-order chi connectivity index (χ1) is 15.4. The topological polar surface area (TPSA) is 47.0 Å². The molecule has 0 saturated carbocycles. The zero-order valence-corrected chi connectivity index (χ0v) is 19.2. The van der Waals surface area contributed by atoms with Crippen molar-refractivity contribution in [2.45, 2.75) is 18.8 Å². The van der Waals surface area contributed by atoms with Crippen LogP contribution in [0.25, 0.3) is 10.9 Å². The molecule has 0 saturated heterocycles. The average molecular weight is 483 g/mol. The normalized spacial score (nSPS) is 11.1. The minimum absolute atomic E-state index is 0.0974. The van der Waals surface area contributed by atoms with Crippen LogP contribution in [0.15, 0.2) is 78.9 Å². The van der Waals surface area contributed by atoms with Crippen LogP contribution in [0.1, 0.15) is 45.0 Å². The van der Waals surface area contributed by atoms with Crippen molar-refractivity contribution in [1.82, 2.24) is 4.98 Å². The third-order valence-electron chi connectivity index (χ3n) is 5.34. The van der Waals surface area contributed by atoms with Gasteiger partial charge in [-0.05, 0) is 66.2 Å². The van der Waals surface area contributed by atoms with Crippen molar-refractivity contribution in [3.8, 4) is 0 Å². The number of hydrogen-bond donors (Lipinski definition) is 0. The molecule has 0 atom stereocenters. The van der Waals surface area contributed by atoms with Gasteiger partial charge in [0.05, 0.1) is 5.52 Å². The molecule has 1 aromatic heterocycles. The minimum atomic E-state index is -0.439. The molecule has 0 aliphatic carbocycles. The molecule has 0 fully saturated rings. The van der Waals surface area contributed by atoms with Gasteiger partial charge in [0.25, 0.3) is 0 Å². The van der Waals surface area contributed by atoms with Crippen LogP contribution in [0.3, 0.4) is 0 Å². The van der Waals surface area contributed by atoms with Gasteiger partial charge in [-0.3, -0.25) is 9.59 Å². The van der Waals surface area contributed by atoms with Crippen molar-refractivity contribution in [3.63, 3.8) is 0 Å². The number of Topliss-reactive ketones (excluding diaryl/α,β-unsaturated/α-hetero) is 2. The Morgan fingerprint density at radius 2 is 1.22 bits per heavy atom. The van der Waals surface area contributed by atoms with Crippen molar-refractivity contribution in [1.29, 1.82) is 0 Å². The van der Waals surface area contributed by atoms with Gasteiger partial charge in [-0.15, -0.1) is 0 Å². The lowest BCUT2D eigenvalue weighted by atomic mass is 9.86. The second-order valence-electron chi connectivity index (χ2n) is 7.53. The van der Waals surface area contributed by atoms with Crippen molar-refractivity contribution in [2.24, 2.45) is 0 Å². The molecule has 160 valence electrons. The number of carbonyl (C=O) groups is 2. The predicted molar refractivity (Wildman–Crippen MR) is 130 cm³/mol. The average Bonchev–Trinajstić information content (AvgIpc) is 2.79. The van der Waals surface area contributed by atoms with E-state index < -0.39 is 5.92 Å². The van der Waals surface area contributed by atoms with E-state index in [9.17, 15) is 9.59 Å². The molecule has 4 aromatic rings. The molecule has 0 unspecified atom stereocenters. The van der Waals surface area contributed by atoms with Gasteiger partial charge in [-0.25, -0.2) is 4.98 Å². The van der Waals surface area contributed by atoms with Crippen molar-refractivity contribution >= 4 is 57.3 Å². The molecule has 0 aliphatic heterocycles. The van der Waals surface area contributed by atoms with Gasteiger partial charge in [-0.1, -0.05) is 53.0 Å². The molecule has 3 nitrogen and oxygen atoms in total. The second kappa shape index (κ2) is 9.83. The second-order valence-corrected chi connectivity index (χ2v) is 8.76. The van der Waals surface area contributed by atoms with Crippen LogP contribution in [0, 0.1) is 0 Å². The van der Waals surface area contributed by atoms with E-state index >= 15 is 0 Å². The summed E-state index contributed by atoms with van der Waals surface area (Å²) >= 11 is 18.4. The van der Waals surface area contributed by atoms with Crippen LogP contribution < -0.4 is 0 Å². The molecule has 0 bridgehead atoms. The number of benzene rings is 3. The van der Waals surface area contributed by atoms with Gasteiger partial charge in [0, 0.05) is 45.3 Å². The standard InChI is InChI=1S/C26H18Cl3NO2/c27-20-9-5-16(6-10-20)24(31)14-19(15-25(32)17-7-11-21(28)12-8-17)22-13-18-3-1-2-4-23(18)30-26(22)29/h1-13,19H,14-15H2. The highest BCUT2D eigenvalue weighted by atomic mass is 35.5. The van der Waals surface area contributed by atoms with E-state index in [0.29, 0.717) is 31.9 Å². The number of ketones is 2. The summed E-state index contributed by atoms with van der Waals surface area (Å²) < 4.78 is 0. The van der Waals surface area contributed by atoms with Crippen molar-refractivity contribution < 1.29 is 9.59 Å². The molecular formula is C26H18Cl3NO2. The summed E-state index contributed by atoms with van der Waals surface area (Å²) in [6, 6.07) is 22.9. The van der Waals surface area contributed by atoms with Crippen LogP contribution in [0.5, 0.6) is 0 Å². The van der Waals surface area contributed by atoms with E-state index in [1.165, 1.54) is 0 Å². The van der Waals surface area contributed by atoms with Crippen LogP contribution in [-0.2, 0) is 0 Å². The van der Waals surface area contributed by atoms with Gasteiger partial charge in [0.15, 0.2) is 11.6 Å². The number of fused-ring (bicyclic) bond motifs is 1. The smallest absolute Gasteiger partial charge is 0.163 e. The number of para-hydroxylation sites is 1. The molecule has 0 aliphatic rings. The van der Waals surface area contributed by atoms with Crippen LogP contribution >= 0.6 is 34.8 Å². The number of halogens is 3. The summed E-state index contributed by atoms with van der Waals surface area (Å²) in [7, 11) is 0. The highest BCUT2D eigenvalue weighted by Gasteiger charge is 2.24. The fourth-order valence-electron chi connectivity index (χ4n) is 3.64. The SMILES string of the molecule is O=C(CC(CC(=O)c1ccc(Cl)cc1)c1cc2ccccc2nc1Cl)c1ccc(Cl)cc1. The van der Waals surface area contributed by atoms with E-state index in [1.54, 1.807) is 48.5 Å². The number of aromatic nitrogens is 1. The van der Waals surface area contributed by atoms with Gasteiger partial charge in [0.1, 0.15) is 5.15 Å². The quantitative estimate of drug-likeness (QED) is 0.199. The van der Waals surface area contributed by atoms with Crippen molar-refractivity contribution in [2.75, 3.05) is 0 Å². The first-order valence-corrected chi connectivity index (χ1v) is 11.2. The number of carbonyl (C=O) groups excluding carboxylic acids is 2. The Morgan fingerprint density at radius 3 is 1.75 bits per heavy atom. The van der Waals surface area contributed by atoms with Crippen LogP contribution in [0.2, 0.25) is 15.2 Å². The molecule has 32 heavy (non-hydrogen) atoms. The van der Waals surface area contributed by atoms with E-state index in [4.69, 9.17) is 34.8 Å². The van der Waals surface area contributed by atoms with E-state index in [2.05, 4.69) is 4.98 Å². The van der Waals surface area contributed by atoms with E-state index in [-0.39, 0.29) is 24.4 Å². The Hall–Kier alpha value is -2.72. The van der Waals surface area contributed by atoms with Gasteiger partial charge < -0.3 is 0 Å². The maximum Gasteiger partial charge on any atom is 0.163 e. The van der Waals surface area contributed by atoms with Crippen molar-refractivity contribution in [3.05, 3.63) is 111 Å². The number of pyridine rings is 1. The zero-order chi connectivity index (χ0) is 22.7. The van der Waals surface area contributed by atoms with E-state index in [1.807, 2.05) is 30.3 Å². The summed E-state index contributed by atoms with van der Waals surface area (Å²) in [5, 5.41) is 2.30. The zero-order valence-electron chi connectivity index (χ0n) is 16.9. The Balaban J connectivity index is 1.69. The van der Waals surface area contributed by atoms with Crippen LogP contribution in [0.4, 0.5) is 0 Å². The molecule has 1 heterocycles. The molecule has 0 spiro atoms. The third kappa shape index (κ3) is 5.18. The highest BCUT2D eigenvalue weighted by Crippen LogP contribution is 2.33. The maximum atomic E-state index is 13.0. The third-order valence-corrected chi connectivity index (χ3v) is 6.15. The molecule has 3 aromatic carbocycles. The van der Waals surface area contributed by atoms with Gasteiger partial charge >= 0.3 is 0 Å². The molecular weight excluding hydrogens is 465 g/mol. The summed E-state index contributed by atoms with van der Waals surface area (Å²) in [5.74, 6) is -0.634.